The summed E-state index contributed by atoms with van der Waals surface area (Å²) >= 11 is 0. The molecule has 0 unspecified atom stereocenters. The van der Waals surface area contributed by atoms with Gasteiger partial charge in [-0.15, -0.1) is 0 Å². The van der Waals surface area contributed by atoms with Crippen molar-refractivity contribution >= 4 is 0 Å². The van der Waals surface area contributed by atoms with Gasteiger partial charge in [0.25, 0.3) is 0 Å². The molecule has 3 heteroatoms. The molecule has 0 spiro atoms. The van der Waals surface area contributed by atoms with E-state index >= 15 is 0 Å². The van der Waals surface area contributed by atoms with Crippen molar-refractivity contribution in [2.24, 2.45) is 0 Å². The second kappa shape index (κ2) is 6.04. The van der Waals surface area contributed by atoms with Crippen LogP contribution in [0.5, 0.6) is 0 Å². The molecular weight excluding hydrogens is 238 g/mol. The highest BCUT2D eigenvalue weighted by molar-refractivity contribution is 5.57. The molecule has 2 N–H and O–H groups in total. The van der Waals surface area contributed by atoms with Crippen LogP contribution in [-0.2, 0) is 6.54 Å². The van der Waals surface area contributed by atoms with Gasteiger partial charge in [0, 0.05) is 17.7 Å². The van der Waals surface area contributed by atoms with E-state index in [9.17, 15) is 0 Å². The molecule has 1 aromatic heterocycles. The normalized spacial score (nSPS) is 11.7. The first-order valence-corrected chi connectivity index (χ1v) is 6.61. The van der Waals surface area contributed by atoms with Crippen LogP contribution in [0.15, 0.2) is 46.9 Å². The monoisotopic (exact) mass is 259 g/mol. The molecule has 1 aromatic carbocycles. The first-order chi connectivity index (χ1) is 9.11. The van der Waals surface area contributed by atoms with Crippen molar-refractivity contribution in [1.82, 2.24) is 5.32 Å². The maximum absolute atomic E-state index is 8.99. The van der Waals surface area contributed by atoms with Gasteiger partial charge < -0.3 is 14.8 Å². The van der Waals surface area contributed by atoms with Crippen LogP contribution in [0.25, 0.3) is 11.3 Å². The van der Waals surface area contributed by atoms with Crippen LogP contribution in [0.2, 0.25) is 0 Å². The lowest BCUT2D eigenvalue weighted by Crippen LogP contribution is -2.39. The molecule has 0 bridgehead atoms. The predicted molar refractivity (Wildman–Crippen MR) is 76.8 cm³/mol. The zero-order valence-corrected chi connectivity index (χ0v) is 11.5. The van der Waals surface area contributed by atoms with Crippen LogP contribution >= 0.6 is 0 Å². The van der Waals surface area contributed by atoms with Gasteiger partial charge in [-0.05, 0) is 32.4 Å². The molecule has 0 aliphatic carbocycles. The first kappa shape index (κ1) is 13.8. The fraction of sp³-hybridized carbons (Fsp3) is 0.375. The summed E-state index contributed by atoms with van der Waals surface area (Å²) in [5, 5.41) is 12.4. The minimum Gasteiger partial charge on any atom is -0.460 e. The van der Waals surface area contributed by atoms with Gasteiger partial charge in [0.2, 0.25) is 0 Å². The van der Waals surface area contributed by atoms with E-state index in [4.69, 9.17) is 9.52 Å². The van der Waals surface area contributed by atoms with E-state index in [1.54, 1.807) is 0 Å². The topological polar surface area (TPSA) is 45.4 Å². The van der Waals surface area contributed by atoms with Crippen molar-refractivity contribution in [1.29, 1.82) is 0 Å². The lowest BCUT2D eigenvalue weighted by atomic mass is 10.0. The highest BCUT2D eigenvalue weighted by Crippen LogP contribution is 2.22. The smallest absolute Gasteiger partial charge is 0.134 e. The fourth-order valence-electron chi connectivity index (χ4n) is 1.92. The third-order valence-electron chi connectivity index (χ3n) is 3.20. The van der Waals surface area contributed by atoms with Crippen molar-refractivity contribution < 1.29 is 9.52 Å². The number of nitrogens with one attached hydrogen (secondary N) is 1. The largest absolute Gasteiger partial charge is 0.460 e. The van der Waals surface area contributed by atoms with E-state index in [0.29, 0.717) is 6.54 Å². The summed E-state index contributed by atoms with van der Waals surface area (Å²) in [7, 11) is 0. The van der Waals surface area contributed by atoms with E-state index in [2.05, 4.69) is 19.2 Å². The first-order valence-electron chi connectivity index (χ1n) is 6.61. The number of rotatable bonds is 6. The molecule has 0 saturated carbocycles. The lowest BCUT2D eigenvalue weighted by Gasteiger charge is -2.24. The van der Waals surface area contributed by atoms with Gasteiger partial charge in [0.05, 0.1) is 6.54 Å². The van der Waals surface area contributed by atoms with Gasteiger partial charge >= 0.3 is 0 Å². The third kappa shape index (κ3) is 3.94. The number of furan rings is 1. The quantitative estimate of drug-likeness (QED) is 0.837. The van der Waals surface area contributed by atoms with Crippen LogP contribution in [0.4, 0.5) is 0 Å². The summed E-state index contributed by atoms with van der Waals surface area (Å²) in [6.45, 7) is 5.00. The van der Waals surface area contributed by atoms with E-state index in [1.807, 2.05) is 42.5 Å². The second-order valence-corrected chi connectivity index (χ2v) is 5.34. The molecule has 0 fully saturated rings. The summed E-state index contributed by atoms with van der Waals surface area (Å²) in [5.41, 5.74) is 0.998. The number of aliphatic hydroxyl groups is 1. The molecule has 2 aromatic rings. The Balaban J connectivity index is 1.99. The van der Waals surface area contributed by atoms with Gasteiger partial charge in [-0.25, -0.2) is 0 Å². The van der Waals surface area contributed by atoms with Crippen molar-refractivity contribution in [2.45, 2.75) is 32.4 Å². The molecule has 0 aliphatic rings. The summed E-state index contributed by atoms with van der Waals surface area (Å²) in [4.78, 5) is 0. The van der Waals surface area contributed by atoms with Crippen molar-refractivity contribution in [2.75, 3.05) is 6.61 Å². The maximum atomic E-state index is 8.99. The molecule has 0 radical (unpaired) electrons. The molecule has 0 amide bonds. The van der Waals surface area contributed by atoms with Crippen molar-refractivity contribution in [3.05, 3.63) is 48.2 Å². The molecule has 19 heavy (non-hydrogen) atoms. The Bertz CT molecular complexity index is 502. The summed E-state index contributed by atoms with van der Waals surface area (Å²) in [6, 6.07) is 14.0. The lowest BCUT2D eigenvalue weighted by molar-refractivity contribution is 0.227. The SMILES string of the molecule is CC(C)(CCO)NCc1ccc(-c2ccccc2)o1. The van der Waals surface area contributed by atoms with Gasteiger partial charge in [-0.1, -0.05) is 30.3 Å². The van der Waals surface area contributed by atoms with E-state index in [-0.39, 0.29) is 12.1 Å². The number of hydrogen-bond donors (Lipinski definition) is 2. The Morgan fingerprint density at radius 2 is 1.84 bits per heavy atom. The average Bonchev–Trinajstić information content (AvgIpc) is 2.86. The summed E-state index contributed by atoms with van der Waals surface area (Å²) < 4.78 is 5.82. The van der Waals surface area contributed by atoms with Gasteiger partial charge in [-0.3, -0.25) is 0 Å². The third-order valence-corrected chi connectivity index (χ3v) is 3.20. The fourth-order valence-corrected chi connectivity index (χ4v) is 1.92. The zero-order valence-electron chi connectivity index (χ0n) is 11.5. The van der Waals surface area contributed by atoms with Crippen LogP contribution in [0.3, 0.4) is 0 Å². The summed E-state index contributed by atoms with van der Waals surface area (Å²) in [6.07, 6.45) is 0.721. The standard InChI is InChI=1S/C16H21NO2/c1-16(2,10-11-18)17-12-14-8-9-15(19-14)13-6-4-3-5-7-13/h3-9,17-18H,10-12H2,1-2H3. The van der Waals surface area contributed by atoms with E-state index < -0.39 is 0 Å². The minimum absolute atomic E-state index is 0.0888. The Morgan fingerprint density at radius 1 is 1.11 bits per heavy atom. The Labute approximate surface area is 114 Å². The molecular formula is C16H21NO2. The number of aliphatic hydroxyl groups excluding tert-OH is 1. The molecule has 0 saturated heterocycles. The average molecular weight is 259 g/mol. The molecule has 0 atom stereocenters. The van der Waals surface area contributed by atoms with Crippen molar-refractivity contribution in [3.8, 4) is 11.3 Å². The summed E-state index contributed by atoms with van der Waals surface area (Å²) in [5.74, 6) is 1.79. The maximum Gasteiger partial charge on any atom is 0.134 e. The molecule has 1 heterocycles. The van der Waals surface area contributed by atoms with Crippen LogP contribution < -0.4 is 5.32 Å². The van der Waals surface area contributed by atoms with Gasteiger partial charge in [0.15, 0.2) is 0 Å². The van der Waals surface area contributed by atoms with E-state index in [0.717, 1.165) is 23.5 Å². The van der Waals surface area contributed by atoms with Crippen LogP contribution in [-0.4, -0.2) is 17.3 Å². The molecule has 102 valence electrons. The van der Waals surface area contributed by atoms with E-state index in [1.165, 1.54) is 0 Å². The molecule has 0 aliphatic heterocycles. The van der Waals surface area contributed by atoms with Crippen LogP contribution in [0.1, 0.15) is 26.0 Å². The minimum atomic E-state index is -0.0888. The number of hydrogen-bond acceptors (Lipinski definition) is 3. The Kier molecular flexibility index (Phi) is 4.40. The van der Waals surface area contributed by atoms with Crippen LogP contribution in [0, 0.1) is 0 Å². The van der Waals surface area contributed by atoms with Gasteiger partial charge in [-0.2, -0.15) is 0 Å². The predicted octanol–water partition coefficient (Wildman–Crippen LogP) is 3.20. The second-order valence-electron chi connectivity index (χ2n) is 5.34. The number of benzene rings is 1. The molecule has 3 nitrogen and oxygen atoms in total. The highest BCUT2D eigenvalue weighted by atomic mass is 16.3. The highest BCUT2D eigenvalue weighted by Gasteiger charge is 2.16. The Morgan fingerprint density at radius 3 is 2.53 bits per heavy atom. The zero-order chi connectivity index (χ0) is 13.7. The van der Waals surface area contributed by atoms with Crippen molar-refractivity contribution in [3.63, 3.8) is 0 Å². The van der Waals surface area contributed by atoms with Gasteiger partial charge in [0.1, 0.15) is 11.5 Å². The molecule has 2 rings (SSSR count). The Hall–Kier alpha value is -1.58.